The summed E-state index contributed by atoms with van der Waals surface area (Å²) in [6, 6.07) is 13.7. The van der Waals surface area contributed by atoms with Crippen LogP contribution in [0.1, 0.15) is 0 Å². The van der Waals surface area contributed by atoms with Crippen LogP contribution in [0.25, 0.3) is 22.4 Å². The van der Waals surface area contributed by atoms with Crippen molar-refractivity contribution in [2.75, 3.05) is 11.5 Å². The van der Waals surface area contributed by atoms with Crippen LogP contribution in [0.5, 0.6) is 11.5 Å². The first-order valence-corrected chi connectivity index (χ1v) is 6.69. The zero-order valence-electron chi connectivity index (χ0n) is 11.7. The SMILES string of the molecule is Nc1cc(-c2cccnc2-c2ccc(O)c(N)c2)ccc1O. The largest absolute Gasteiger partial charge is 0.506 e. The number of anilines is 2. The highest BCUT2D eigenvalue weighted by Crippen LogP contribution is 2.35. The average Bonchev–Trinajstić information content (AvgIpc) is 2.53. The van der Waals surface area contributed by atoms with Crippen LogP contribution in [-0.4, -0.2) is 15.2 Å². The maximum Gasteiger partial charge on any atom is 0.138 e. The van der Waals surface area contributed by atoms with Gasteiger partial charge in [-0.15, -0.1) is 0 Å². The zero-order chi connectivity index (χ0) is 15.7. The Bertz CT molecular complexity index is 777. The number of phenolic OH excluding ortho intramolecular Hbond substituents is 2. The Labute approximate surface area is 127 Å². The number of hydrogen-bond donors (Lipinski definition) is 4. The van der Waals surface area contributed by atoms with Crippen LogP contribution in [0.3, 0.4) is 0 Å². The molecule has 0 saturated heterocycles. The van der Waals surface area contributed by atoms with Crippen LogP contribution in [0.2, 0.25) is 0 Å². The standard InChI is InChI=1S/C17H15N3O2/c18-13-8-10(3-5-15(13)21)12-2-1-7-20-17(12)11-4-6-16(22)14(19)9-11/h1-9,21-22H,18-19H2. The monoisotopic (exact) mass is 293 g/mol. The van der Waals surface area contributed by atoms with Crippen molar-refractivity contribution < 1.29 is 10.2 Å². The fourth-order valence-corrected chi connectivity index (χ4v) is 2.29. The number of benzene rings is 2. The normalized spacial score (nSPS) is 10.5. The molecule has 22 heavy (non-hydrogen) atoms. The van der Waals surface area contributed by atoms with Gasteiger partial charge < -0.3 is 21.7 Å². The molecule has 110 valence electrons. The molecule has 0 amide bonds. The minimum absolute atomic E-state index is 0.0371. The summed E-state index contributed by atoms with van der Waals surface area (Å²) < 4.78 is 0. The van der Waals surface area contributed by atoms with Crippen LogP contribution in [0.4, 0.5) is 11.4 Å². The van der Waals surface area contributed by atoms with Crippen LogP contribution in [-0.2, 0) is 0 Å². The van der Waals surface area contributed by atoms with Crippen LogP contribution >= 0.6 is 0 Å². The molecule has 0 aliphatic carbocycles. The molecule has 0 unspecified atom stereocenters. The van der Waals surface area contributed by atoms with Gasteiger partial charge in [0.1, 0.15) is 11.5 Å². The molecule has 0 saturated carbocycles. The molecule has 0 bridgehead atoms. The minimum atomic E-state index is 0.0371. The van der Waals surface area contributed by atoms with Gasteiger partial charge in [0.05, 0.1) is 17.1 Å². The number of aromatic hydroxyl groups is 2. The molecule has 0 fully saturated rings. The van der Waals surface area contributed by atoms with Gasteiger partial charge in [-0.2, -0.15) is 0 Å². The second-order valence-electron chi connectivity index (χ2n) is 4.95. The molecule has 0 spiro atoms. The second-order valence-corrected chi connectivity index (χ2v) is 4.95. The molecule has 3 aromatic rings. The topological polar surface area (TPSA) is 105 Å². The summed E-state index contributed by atoms with van der Waals surface area (Å²) in [5, 5.41) is 19.1. The van der Waals surface area contributed by atoms with Crippen molar-refractivity contribution in [3.63, 3.8) is 0 Å². The summed E-state index contributed by atoms with van der Waals surface area (Å²) in [5.41, 5.74) is 15.3. The number of hydrogen-bond acceptors (Lipinski definition) is 5. The Morgan fingerprint density at radius 3 is 2.00 bits per heavy atom. The molecular formula is C17H15N3O2. The Hall–Kier alpha value is -3.21. The molecule has 1 heterocycles. The van der Waals surface area contributed by atoms with Crippen molar-refractivity contribution in [1.82, 2.24) is 4.98 Å². The average molecular weight is 293 g/mol. The van der Waals surface area contributed by atoms with Gasteiger partial charge in [0, 0.05) is 17.3 Å². The molecule has 5 heteroatoms. The van der Waals surface area contributed by atoms with Gasteiger partial charge in [0.2, 0.25) is 0 Å². The highest BCUT2D eigenvalue weighted by atomic mass is 16.3. The number of nitrogens with zero attached hydrogens (tertiary/aromatic N) is 1. The molecular weight excluding hydrogens is 278 g/mol. The smallest absolute Gasteiger partial charge is 0.138 e. The third-order valence-electron chi connectivity index (χ3n) is 3.45. The number of nitrogen functional groups attached to an aromatic ring is 2. The lowest BCUT2D eigenvalue weighted by Crippen LogP contribution is -1.92. The van der Waals surface area contributed by atoms with E-state index in [0.29, 0.717) is 11.4 Å². The van der Waals surface area contributed by atoms with E-state index in [1.807, 2.05) is 12.1 Å². The van der Waals surface area contributed by atoms with Gasteiger partial charge in [0.25, 0.3) is 0 Å². The number of aromatic nitrogens is 1. The van der Waals surface area contributed by atoms with Gasteiger partial charge in [-0.1, -0.05) is 12.1 Å². The molecule has 0 aliphatic heterocycles. The van der Waals surface area contributed by atoms with Crippen molar-refractivity contribution in [3.8, 4) is 33.9 Å². The van der Waals surface area contributed by atoms with Crippen molar-refractivity contribution in [2.24, 2.45) is 0 Å². The van der Waals surface area contributed by atoms with Gasteiger partial charge in [-0.3, -0.25) is 4.98 Å². The predicted molar refractivity (Wildman–Crippen MR) is 87.3 cm³/mol. The molecule has 5 nitrogen and oxygen atoms in total. The number of nitrogens with two attached hydrogens (primary N) is 2. The molecule has 0 atom stereocenters. The van der Waals surface area contributed by atoms with Gasteiger partial charge in [-0.05, 0) is 42.0 Å². The lowest BCUT2D eigenvalue weighted by molar-refractivity contribution is 0.477. The van der Waals surface area contributed by atoms with E-state index >= 15 is 0 Å². The summed E-state index contributed by atoms with van der Waals surface area (Å²) in [6.07, 6.45) is 1.69. The summed E-state index contributed by atoms with van der Waals surface area (Å²) in [7, 11) is 0. The maximum absolute atomic E-state index is 9.56. The van der Waals surface area contributed by atoms with E-state index < -0.39 is 0 Å². The first kappa shape index (κ1) is 13.8. The third kappa shape index (κ3) is 2.40. The lowest BCUT2D eigenvalue weighted by atomic mass is 9.98. The summed E-state index contributed by atoms with van der Waals surface area (Å²) in [5.74, 6) is 0.0816. The Morgan fingerprint density at radius 1 is 0.773 bits per heavy atom. The number of phenols is 2. The van der Waals surface area contributed by atoms with Crippen molar-refractivity contribution in [2.45, 2.75) is 0 Å². The highest BCUT2D eigenvalue weighted by molar-refractivity contribution is 5.84. The summed E-state index contributed by atoms with van der Waals surface area (Å²) >= 11 is 0. The second kappa shape index (κ2) is 5.29. The molecule has 3 rings (SSSR count). The molecule has 6 N–H and O–H groups in total. The quantitative estimate of drug-likeness (QED) is 0.429. The minimum Gasteiger partial charge on any atom is -0.506 e. The molecule has 2 aromatic carbocycles. The van der Waals surface area contributed by atoms with Crippen LogP contribution in [0.15, 0.2) is 54.7 Å². The first-order valence-electron chi connectivity index (χ1n) is 6.69. The van der Waals surface area contributed by atoms with Crippen molar-refractivity contribution in [1.29, 1.82) is 0 Å². The fourth-order valence-electron chi connectivity index (χ4n) is 2.29. The van der Waals surface area contributed by atoms with E-state index in [1.54, 1.807) is 36.5 Å². The van der Waals surface area contributed by atoms with Crippen LogP contribution < -0.4 is 11.5 Å². The highest BCUT2D eigenvalue weighted by Gasteiger charge is 2.11. The first-order chi connectivity index (χ1) is 10.6. The summed E-state index contributed by atoms with van der Waals surface area (Å²) in [6.45, 7) is 0. The van der Waals surface area contributed by atoms with Gasteiger partial charge in [-0.25, -0.2) is 0 Å². The third-order valence-corrected chi connectivity index (χ3v) is 3.45. The van der Waals surface area contributed by atoms with Gasteiger partial charge in [0.15, 0.2) is 0 Å². The van der Waals surface area contributed by atoms with E-state index in [4.69, 9.17) is 11.5 Å². The predicted octanol–water partition coefficient (Wildman–Crippen LogP) is 2.99. The zero-order valence-corrected chi connectivity index (χ0v) is 11.7. The number of rotatable bonds is 2. The van der Waals surface area contributed by atoms with Gasteiger partial charge >= 0.3 is 0 Å². The summed E-state index contributed by atoms with van der Waals surface area (Å²) in [4.78, 5) is 4.41. The lowest BCUT2D eigenvalue weighted by Gasteiger charge is -2.11. The Kier molecular flexibility index (Phi) is 3.31. The molecule has 0 radical (unpaired) electrons. The molecule has 0 aliphatic rings. The van der Waals surface area contributed by atoms with Crippen molar-refractivity contribution in [3.05, 3.63) is 54.7 Å². The Morgan fingerprint density at radius 2 is 1.36 bits per heavy atom. The molecule has 1 aromatic heterocycles. The van der Waals surface area contributed by atoms with E-state index in [0.717, 1.165) is 22.4 Å². The van der Waals surface area contributed by atoms with Crippen LogP contribution in [0, 0.1) is 0 Å². The maximum atomic E-state index is 9.56. The Balaban J connectivity index is 2.17. The fraction of sp³-hybridized carbons (Fsp3) is 0. The van der Waals surface area contributed by atoms with E-state index in [2.05, 4.69) is 4.98 Å². The number of pyridine rings is 1. The van der Waals surface area contributed by atoms with Crippen molar-refractivity contribution >= 4 is 11.4 Å². The van der Waals surface area contributed by atoms with E-state index in [-0.39, 0.29) is 11.5 Å². The van der Waals surface area contributed by atoms with E-state index in [9.17, 15) is 10.2 Å². The van der Waals surface area contributed by atoms with E-state index in [1.165, 1.54) is 6.07 Å².